The van der Waals surface area contributed by atoms with Gasteiger partial charge in [0.15, 0.2) is 5.96 Å². The van der Waals surface area contributed by atoms with Crippen LogP contribution >= 0.6 is 24.0 Å². The van der Waals surface area contributed by atoms with Crippen LogP contribution in [0.3, 0.4) is 0 Å². The lowest BCUT2D eigenvalue weighted by atomic mass is 10.3. The molecule has 0 bridgehead atoms. The summed E-state index contributed by atoms with van der Waals surface area (Å²) in [5.74, 6) is 2.36. The van der Waals surface area contributed by atoms with E-state index in [9.17, 15) is 0 Å². The number of piperazine rings is 1. The molecule has 152 valence electrons. The maximum atomic E-state index is 6.31. The van der Waals surface area contributed by atoms with Crippen molar-refractivity contribution in [3.63, 3.8) is 0 Å². The van der Waals surface area contributed by atoms with Crippen LogP contribution < -0.4 is 10.6 Å². The summed E-state index contributed by atoms with van der Waals surface area (Å²) in [5.41, 5.74) is 8.54. The molecular weight excluding hydrogens is 479 g/mol. The van der Waals surface area contributed by atoms with Gasteiger partial charge >= 0.3 is 0 Å². The van der Waals surface area contributed by atoms with Gasteiger partial charge in [-0.1, -0.05) is 12.1 Å². The van der Waals surface area contributed by atoms with Crippen molar-refractivity contribution >= 4 is 46.9 Å². The van der Waals surface area contributed by atoms with Gasteiger partial charge in [0.2, 0.25) is 5.95 Å². The van der Waals surface area contributed by atoms with Gasteiger partial charge in [0.1, 0.15) is 12.4 Å². The summed E-state index contributed by atoms with van der Waals surface area (Å²) in [6.45, 7) is 3.81. The molecule has 3 aromatic rings. The van der Waals surface area contributed by atoms with Crippen molar-refractivity contribution in [1.82, 2.24) is 24.4 Å². The third kappa shape index (κ3) is 4.14. The molecular formula is C20H25IN8. The molecule has 2 aliphatic rings. The summed E-state index contributed by atoms with van der Waals surface area (Å²) in [6, 6.07) is 10.7. The van der Waals surface area contributed by atoms with E-state index in [0.717, 1.165) is 43.5 Å². The number of anilines is 1. The number of hydrogen-bond donors (Lipinski definition) is 1. The average Bonchev–Trinajstić information content (AvgIpc) is 3.52. The molecule has 1 saturated carbocycles. The predicted octanol–water partition coefficient (Wildman–Crippen LogP) is 2.42. The molecule has 29 heavy (non-hydrogen) atoms. The molecule has 9 heteroatoms. The minimum Gasteiger partial charge on any atom is -0.370 e. The van der Waals surface area contributed by atoms with Crippen LogP contribution in [0.2, 0.25) is 0 Å². The molecule has 0 unspecified atom stereocenters. The third-order valence-corrected chi connectivity index (χ3v) is 5.40. The van der Waals surface area contributed by atoms with Crippen molar-refractivity contribution in [1.29, 1.82) is 0 Å². The van der Waals surface area contributed by atoms with E-state index in [2.05, 4.69) is 47.5 Å². The molecule has 5 rings (SSSR count). The zero-order valence-electron chi connectivity index (χ0n) is 16.2. The highest BCUT2D eigenvalue weighted by atomic mass is 127. The van der Waals surface area contributed by atoms with E-state index in [1.54, 1.807) is 12.4 Å². The zero-order chi connectivity index (χ0) is 18.9. The second kappa shape index (κ2) is 8.52. The van der Waals surface area contributed by atoms with Crippen molar-refractivity contribution < 1.29 is 0 Å². The Morgan fingerprint density at radius 1 is 1.03 bits per heavy atom. The van der Waals surface area contributed by atoms with Gasteiger partial charge in [-0.05, 0) is 31.0 Å². The highest BCUT2D eigenvalue weighted by Crippen LogP contribution is 2.38. The molecule has 0 spiro atoms. The second-order valence-corrected chi connectivity index (χ2v) is 7.32. The van der Waals surface area contributed by atoms with Crippen LogP contribution in [0.15, 0.2) is 47.7 Å². The van der Waals surface area contributed by atoms with E-state index in [0.29, 0.717) is 18.5 Å². The van der Waals surface area contributed by atoms with E-state index < -0.39 is 0 Å². The first-order chi connectivity index (χ1) is 13.8. The molecule has 2 N–H and O–H groups in total. The van der Waals surface area contributed by atoms with Crippen LogP contribution in [-0.2, 0) is 6.54 Å². The van der Waals surface area contributed by atoms with Crippen LogP contribution in [0.4, 0.5) is 5.95 Å². The maximum absolute atomic E-state index is 6.31. The summed E-state index contributed by atoms with van der Waals surface area (Å²) in [5, 5.41) is 0. The Balaban J connectivity index is 0.00000205. The lowest BCUT2D eigenvalue weighted by Gasteiger charge is -2.35. The van der Waals surface area contributed by atoms with Crippen molar-refractivity contribution in [2.24, 2.45) is 10.7 Å². The van der Waals surface area contributed by atoms with Gasteiger partial charge in [0.25, 0.3) is 0 Å². The van der Waals surface area contributed by atoms with Gasteiger partial charge < -0.3 is 20.1 Å². The fourth-order valence-electron chi connectivity index (χ4n) is 3.79. The first kappa shape index (κ1) is 19.9. The van der Waals surface area contributed by atoms with Gasteiger partial charge in [-0.3, -0.25) is 0 Å². The van der Waals surface area contributed by atoms with Gasteiger partial charge in [-0.15, -0.1) is 24.0 Å². The lowest BCUT2D eigenvalue weighted by molar-refractivity contribution is 0.378. The molecule has 2 fully saturated rings. The molecule has 8 nitrogen and oxygen atoms in total. The van der Waals surface area contributed by atoms with Crippen molar-refractivity contribution in [3.05, 3.63) is 48.5 Å². The van der Waals surface area contributed by atoms with E-state index in [1.165, 1.54) is 18.4 Å². The molecule has 0 radical (unpaired) electrons. The molecule has 1 aliphatic carbocycles. The van der Waals surface area contributed by atoms with Crippen molar-refractivity contribution in [3.8, 4) is 0 Å². The number of fused-ring (bicyclic) bond motifs is 1. The fraction of sp³-hybridized carbons (Fsp3) is 0.400. The molecule has 3 heterocycles. The van der Waals surface area contributed by atoms with Crippen molar-refractivity contribution in [2.75, 3.05) is 31.1 Å². The number of nitrogens with two attached hydrogens (primary N) is 1. The van der Waals surface area contributed by atoms with E-state index >= 15 is 0 Å². The number of hydrogen-bond acceptors (Lipinski definition) is 5. The first-order valence-corrected chi connectivity index (χ1v) is 9.82. The number of guanidine groups is 1. The monoisotopic (exact) mass is 504 g/mol. The number of para-hydroxylation sites is 2. The molecule has 1 saturated heterocycles. The van der Waals surface area contributed by atoms with Crippen LogP contribution in [0.25, 0.3) is 11.0 Å². The van der Waals surface area contributed by atoms with E-state index in [1.807, 2.05) is 12.1 Å². The molecule has 2 aromatic heterocycles. The van der Waals surface area contributed by atoms with Gasteiger partial charge in [0, 0.05) is 44.6 Å². The normalized spacial score (nSPS) is 17.4. The Morgan fingerprint density at radius 2 is 1.76 bits per heavy atom. The number of benzene rings is 1. The standard InChI is InChI=1S/C20H24N8.HI/c21-19(26-10-12-27(13-11-26)20-22-8-3-9-23-20)24-14-18-25-16-4-1-2-5-17(16)28(18)15-6-7-15;/h1-5,8-9,15H,6-7,10-14H2,(H2,21,24);1H. The van der Waals surface area contributed by atoms with Gasteiger partial charge in [-0.25, -0.2) is 19.9 Å². The van der Waals surface area contributed by atoms with Gasteiger partial charge in [-0.2, -0.15) is 0 Å². The Hall–Kier alpha value is -2.43. The number of halogens is 1. The van der Waals surface area contributed by atoms with E-state index in [4.69, 9.17) is 10.7 Å². The van der Waals surface area contributed by atoms with E-state index in [-0.39, 0.29) is 24.0 Å². The molecule has 0 atom stereocenters. The number of aromatic nitrogens is 4. The Bertz CT molecular complexity index is 990. The van der Waals surface area contributed by atoms with Crippen LogP contribution in [0.5, 0.6) is 0 Å². The lowest BCUT2D eigenvalue weighted by Crippen LogP contribution is -2.51. The molecule has 0 amide bonds. The third-order valence-electron chi connectivity index (χ3n) is 5.40. The minimum absolute atomic E-state index is 0. The second-order valence-electron chi connectivity index (χ2n) is 7.32. The largest absolute Gasteiger partial charge is 0.370 e. The van der Waals surface area contributed by atoms with Crippen LogP contribution in [0.1, 0.15) is 24.7 Å². The van der Waals surface area contributed by atoms with Crippen LogP contribution in [-0.4, -0.2) is 56.6 Å². The Labute approximate surface area is 186 Å². The highest BCUT2D eigenvalue weighted by molar-refractivity contribution is 14.0. The predicted molar refractivity (Wildman–Crippen MR) is 125 cm³/mol. The average molecular weight is 504 g/mol. The highest BCUT2D eigenvalue weighted by Gasteiger charge is 2.28. The summed E-state index contributed by atoms with van der Waals surface area (Å²) in [4.78, 5) is 22.4. The summed E-state index contributed by atoms with van der Waals surface area (Å²) in [6.07, 6.45) is 5.99. The number of rotatable bonds is 4. The topological polar surface area (TPSA) is 88.5 Å². The SMILES string of the molecule is I.NC(=NCc1nc2ccccc2n1C1CC1)N1CCN(c2ncccn2)CC1. The number of aliphatic imine (C=N–C) groups is 1. The first-order valence-electron chi connectivity index (χ1n) is 9.82. The number of imidazole rings is 1. The Morgan fingerprint density at radius 3 is 2.48 bits per heavy atom. The van der Waals surface area contributed by atoms with Crippen LogP contribution in [0, 0.1) is 0 Å². The summed E-state index contributed by atoms with van der Waals surface area (Å²) in [7, 11) is 0. The smallest absolute Gasteiger partial charge is 0.225 e. The quantitative estimate of drug-likeness (QED) is 0.334. The maximum Gasteiger partial charge on any atom is 0.225 e. The minimum atomic E-state index is 0. The zero-order valence-corrected chi connectivity index (χ0v) is 18.5. The van der Waals surface area contributed by atoms with Gasteiger partial charge in [0.05, 0.1) is 11.0 Å². The summed E-state index contributed by atoms with van der Waals surface area (Å²) < 4.78 is 2.34. The Kier molecular flexibility index (Phi) is 5.84. The summed E-state index contributed by atoms with van der Waals surface area (Å²) >= 11 is 0. The number of nitrogens with zero attached hydrogens (tertiary/aromatic N) is 7. The molecule has 1 aliphatic heterocycles. The van der Waals surface area contributed by atoms with Crippen molar-refractivity contribution in [2.45, 2.75) is 25.4 Å². The fourth-order valence-corrected chi connectivity index (χ4v) is 3.79. The molecule has 1 aromatic carbocycles.